The minimum atomic E-state index is 0.335. The Morgan fingerprint density at radius 1 is 1.60 bits per heavy atom. The SMILES string of the molecule is CC1CCCC(CN)(Cc2ccoc2)C1. The van der Waals surface area contributed by atoms with Gasteiger partial charge in [0.15, 0.2) is 0 Å². The van der Waals surface area contributed by atoms with E-state index in [9.17, 15) is 0 Å². The normalized spacial score (nSPS) is 31.7. The first-order chi connectivity index (χ1) is 7.24. The molecule has 1 saturated carbocycles. The van der Waals surface area contributed by atoms with Crippen molar-refractivity contribution in [2.24, 2.45) is 17.1 Å². The van der Waals surface area contributed by atoms with Gasteiger partial charge in [0.2, 0.25) is 0 Å². The molecule has 0 aliphatic heterocycles. The molecule has 1 aliphatic rings. The Hall–Kier alpha value is -0.760. The first kappa shape index (κ1) is 10.7. The van der Waals surface area contributed by atoms with Gasteiger partial charge in [-0.1, -0.05) is 19.8 Å². The molecule has 2 rings (SSSR count). The van der Waals surface area contributed by atoms with Gasteiger partial charge in [0.05, 0.1) is 12.5 Å². The number of rotatable bonds is 3. The van der Waals surface area contributed by atoms with Crippen LogP contribution >= 0.6 is 0 Å². The van der Waals surface area contributed by atoms with Crippen LogP contribution in [0, 0.1) is 11.3 Å². The van der Waals surface area contributed by atoms with Gasteiger partial charge in [-0.15, -0.1) is 0 Å². The number of furan rings is 1. The summed E-state index contributed by atoms with van der Waals surface area (Å²) in [5, 5.41) is 0. The molecule has 2 atom stereocenters. The van der Waals surface area contributed by atoms with Crippen LogP contribution in [0.4, 0.5) is 0 Å². The van der Waals surface area contributed by atoms with Crippen molar-refractivity contribution < 1.29 is 4.42 Å². The van der Waals surface area contributed by atoms with E-state index < -0.39 is 0 Å². The topological polar surface area (TPSA) is 39.2 Å². The Balaban J connectivity index is 2.07. The van der Waals surface area contributed by atoms with Crippen molar-refractivity contribution in [3.63, 3.8) is 0 Å². The Labute approximate surface area is 91.8 Å². The minimum Gasteiger partial charge on any atom is -0.472 e. The summed E-state index contributed by atoms with van der Waals surface area (Å²) in [5.41, 5.74) is 7.62. The zero-order valence-electron chi connectivity index (χ0n) is 9.54. The molecule has 15 heavy (non-hydrogen) atoms. The third kappa shape index (κ3) is 2.43. The highest BCUT2D eigenvalue weighted by atomic mass is 16.3. The van der Waals surface area contributed by atoms with Crippen LogP contribution in [0.5, 0.6) is 0 Å². The van der Waals surface area contributed by atoms with Gasteiger partial charge in [-0.05, 0) is 48.8 Å². The lowest BCUT2D eigenvalue weighted by Gasteiger charge is -2.39. The molecule has 0 radical (unpaired) electrons. The Kier molecular flexibility index (Phi) is 3.15. The molecule has 2 unspecified atom stereocenters. The molecule has 0 bridgehead atoms. The largest absolute Gasteiger partial charge is 0.472 e. The van der Waals surface area contributed by atoms with E-state index in [2.05, 4.69) is 13.0 Å². The van der Waals surface area contributed by atoms with E-state index in [1.54, 1.807) is 6.26 Å². The Morgan fingerprint density at radius 3 is 3.07 bits per heavy atom. The summed E-state index contributed by atoms with van der Waals surface area (Å²) in [6, 6.07) is 2.07. The monoisotopic (exact) mass is 207 g/mol. The lowest BCUT2D eigenvalue weighted by molar-refractivity contribution is 0.153. The summed E-state index contributed by atoms with van der Waals surface area (Å²) in [7, 11) is 0. The summed E-state index contributed by atoms with van der Waals surface area (Å²) in [6.07, 6.45) is 9.95. The van der Waals surface area contributed by atoms with Crippen LogP contribution < -0.4 is 5.73 Å². The highest BCUT2D eigenvalue weighted by Crippen LogP contribution is 2.41. The molecule has 1 aliphatic carbocycles. The molecule has 1 heterocycles. The fraction of sp³-hybridized carbons (Fsp3) is 0.692. The Bertz CT molecular complexity index is 293. The van der Waals surface area contributed by atoms with Crippen LogP contribution in [0.25, 0.3) is 0 Å². The van der Waals surface area contributed by atoms with E-state index in [0.29, 0.717) is 5.41 Å². The Morgan fingerprint density at radius 2 is 2.47 bits per heavy atom. The highest BCUT2D eigenvalue weighted by molar-refractivity contribution is 5.09. The van der Waals surface area contributed by atoms with E-state index in [1.165, 1.54) is 31.2 Å². The molecule has 0 amide bonds. The van der Waals surface area contributed by atoms with Crippen LogP contribution in [0.3, 0.4) is 0 Å². The van der Waals surface area contributed by atoms with Gasteiger partial charge in [-0.25, -0.2) is 0 Å². The third-order valence-corrected chi connectivity index (χ3v) is 3.78. The molecule has 1 aromatic rings. The molecule has 0 spiro atoms. The molecular formula is C13H21NO. The summed E-state index contributed by atoms with van der Waals surface area (Å²) in [5.74, 6) is 0.828. The number of nitrogens with two attached hydrogens (primary N) is 1. The molecule has 1 fully saturated rings. The molecule has 0 saturated heterocycles. The van der Waals surface area contributed by atoms with Crippen molar-refractivity contribution in [2.45, 2.75) is 39.0 Å². The van der Waals surface area contributed by atoms with E-state index >= 15 is 0 Å². The van der Waals surface area contributed by atoms with Crippen molar-refractivity contribution in [3.8, 4) is 0 Å². The molecule has 1 aromatic heterocycles. The van der Waals surface area contributed by atoms with Crippen molar-refractivity contribution in [2.75, 3.05) is 6.54 Å². The lowest BCUT2D eigenvalue weighted by atomic mass is 9.67. The second-order valence-corrected chi connectivity index (χ2v) is 5.21. The standard InChI is InChI=1S/C13H21NO/c1-11-3-2-5-13(7-11,10-14)8-12-4-6-15-9-12/h4,6,9,11H,2-3,5,7-8,10,14H2,1H3. The zero-order chi connectivity index (χ0) is 10.7. The predicted octanol–water partition coefficient (Wildman–Crippen LogP) is 2.98. The van der Waals surface area contributed by atoms with Gasteiger partial charge in [0, 0.05) is 0 Å². The van der Waals surface area contributed by atoms with Crippen molar-refractivity contribution in [1.29, 1.82) is 0 Å². The smallest absolute Gasteiger partial charge is 0.0934 e. The van der Waals surface area contributed by atoms with Crippen LogP contribution in [0.15, 0.2) is 23.0 Å². The summed E-state index contributed by atoms with van der Waals surface area (Å²) >= 11 is 0. The summed E-state index contributed by atoms with van der Waals surface area (Å²) < 4.78 is 5.13. The van der Waals surface area contributed by atoms with Gasteiger partial charge in [-0.3, -0.25) is 0 Å². The van der Waals surface area contributed by atoms with E-state index in [0.717, 1.165) is 18.9 Å². The van der Waals surface area contributed by atoms with E-state index in [-0.39, 0.29) is 0 Å². The quantitative estimate of drug-likeness (QED) is 0.827. The van der Waals surface area contributed by atoms with Gasteiger partial charge >= 0.3 is 0 Å². The molecule has 2 N–H and O–H groups in total. The molecular weight excluding hydrogens is 186 g/mol. The maximum absolute atomic E-state index is 5.99. The van der Waals surface area contributed by atoms with Crippen LogP contribution in [-0.4, -0.2) is 6.54 Å². The van der Waals surface area contributed by atoms with Crippen molar-refractivity contribution >= 4 is 0 Å². The second kappa shape index (κ2) is 4.40. The average Bonchev–Trinajstić information content (AvgIpc) is 2.70. The second-order valence-electron chi connectivity index (χ2n) is 5.21. The van der Waals surface area contributed by atoms with Crippen LogP contribution in [-0.2, 0) is 6.42 Å². The van der Waals surface area contributed by atoms with E-state index in [4.69, 9.17) is 10.2 Å². The van der Waals surface area contributed by atoms with Gasteiger partial charge in [0.1, 0.15) is 0 Å². The van der Waals surface area contributed by atoms with Crippen molar-refractivity contribution in [1.82, 2.24) is 0 Å². The summed E-state index contributed by atoms with van der Waals surface area (Å²) in [6.45, 7) is 3.15. The molecule has 2 nitrogen and oxygen atoms in total. The first-order valence-corrected chi connectivity index (χ1v) is 5.95. The van der Waals surface area contributed by atoms with Gasteiger partial charge < -0.3 is 10.2 Å². The maximum Gasteiger partial charge on any atom is 0.0934 e. The fourth-order valence-electron chi connectivity index (χ4n) is 3.01. The lowest BCUT2D eigenvalue weighted by Crippen LogP contribution is -2.37. The maximum atomic E-state index is 5.99. The number of hydrogen-bond acceptors (Lipinski definition) is 2. The summed E-state index contributed by atoms with van der Waals surface area (Å²) in [4.78, 5) is 0. The zero-order valence-corrected chi connectivity index (χ0v) is 9.54. The molecule has 0 aromatic carbocycles. The fourth-order valence-corrected chi connectivity index (χ4v) is 3.01. The molecule has 2 heteroatoms. The molecule has 84 valence electrons. The van der Waals surface area contributed by atoms with Gasteiger partial charge in [0.25, 0.3) is 0 Å². The average molecular weight is 207 g/mol. The van der Waals surface area contributed by atoms with Gasteiger partial charge in [-0.2, -0.15) is 0 Å². The van der Waals surface area contributed by atoms with Crippen LogP contribution in [0.2, 0.25) is 0 Å². The minimum absolute atomic E-state index is 0.335. The van der Waals surface area contributed by atoms with E-state index in [1.807, 2.05) is 6.26 Å². The highest BCUT2D eigenvalue weighted by Gasteiger charge is 2.33. The first-order valence-electron chi connectivity index (χ1n) is 5.95. The predicted molar refractivity (Wildman–Crippen MR) is 61.5 cm³/mol. The third-order valence-electron chi connectivity index (χ3n) is 3.78. The van der Waals surface area contributed by atoms with Crippen LogP contribution in [0.1, 0.15) is 38.2 Å². The number of hydrogen-bond donors (Lipinski definition) is 1. The van der Waals surface area contributed by atoms with Crippen molar-refractivity contribution in [3.05, 3.63) is 24.2 Å².